The fourth-order valence-corrected chi connectivity index (χ4v) is 3.26. The summed E-state index contributed by atoms with van der Waals surface area (Å²) in [5, 5.41) is 13.5. The molecule has 0 saturated carbocycles. The zero-order valence-electron chi connectivity index (χ0n) is 12.4. The summed E-state index contributed by atoms with van der Waals surface area (Å²) >= 11 is 1.20. The van der Waals surface area contributed by atoms with Gasteiger partial charge in [-0.15, -0.1) is 11.8 Å². The number of carboxylic acid groups (broad SMARTS) is 1. The summed E-state index contributed by atoms with van der Waals surface area (Å²) in [5.41, 5.74) is 2.72. The normalized spacial score (nSPS) is 21.1. The van der Waals surface area contributed by atoms with Gasteiger partial charge in [0, 0.05) is 17.9 Å². The Labute approximate surface area is 132 Å². The van der Waals surface area contributed by atoms with Crippen molar-refractivity contribution in [3.05, 3.63) is 29.3 Å². The van der Waals surface area contributed by atoms with Crippen molar-refractivity contribution >= 4 is 35.2 Å². The molecule has 2 atom stereocenters. The summed E-state index contributed by atoms with van der Waals surface area (Å²) in [6, 6.07) is 4.88. The van der Waals surface area contributed by atoms with Crippen LogP contribution in [0.2, 0.25) is 0 Å². The van der Waals surface area contributed by atoms with Gasteiger partial charge in [-0.3, -0.25) is 9.59 Å². The van der Waals surface area contributed by atoms with Crippen molar-refractivity contribution < 1.29 is 19.5 Å². The third kappa shape index (κ3) is 4.00. The number of nitrogens with one attached hydrogen (secondary N) is 2. The number of amides is 2. The van der Waals surface area contributed by atoms with Crippen LogP contribution in [0.3, 0.4) is 0 Å². The van der Waals surface area contributed by atoms with Crippen molar-refractivity contribution in [1.29, 1.82) is 0 Å². The first kappa shape index (κ1) is 16.4. The minimum absolute atomic E-state index is 0.0240. The summed E-state index contributed by atoms with van der Waals surface area (Å²) in [7, 11) is 0. The molecule has 1 aliphatic heterocycles. The van der Waals surface area contributed by atoms with E-state index in [2.05, 4.69) is 10.6 Å². The number of carboxylic acids is 1. The van der Waals surface area contributed by atoms with Gasteiger partial charge in [-0.1, -0.05) is 12.1 Å². The average molecular weight is 322 g/mol. The van der Waals surface area contributed by atoms with E-state index >= 15 is 0 Å². The first-order valence-corrected chi connectivity index (χ1v) is 7.93. The van der Waals surface area contributed by atoms with Crippen LogP contribution in [0.5, 0.6) is 0 Å². The number of benzene rings is 1. The van der Waals surface area contributed by atoms with Gasteiger partial charge < -0.3 is 15.7 Å². The number of rotatable bonds is 4. The standard InChI is InChI=1S/C15H18N2O4S/c1-8-3-4-9(2)10(5-8)16-13(18)6-12-14(19)17-11(7-22-12)15(20)21/h3-5,11-12H,6-7H2,1-2H3,(H,16,18)(H,17,19)(H,20,21)/t11-,12-/m0/s1. The highest BCUT2D eigenvalue weighted by Crippen LogP contribution is 2.23. The molecule has 2 rings (SSSR count). The van der Waals surface area contributed by atoms with Crippen LogP contribution < -0.4 is 10.6 Å². The number of aryl methyl sites for hydroxylation is 2. The molecule has 0 radical (unpaired) electrons. The monoisotopic (exact) mass is 322 g/mol. The van der Waals surface area contributed by atoms with Crippen LogP contribution in [0, 0.1) is 13.8 Å². The molecule has 22 heavy (non-hydrogen) atoms. The number of carbonyl (C=O) groups excluding carboxylic acids is 2. The number of hydrogen-bond donors (Lipinski definition) is 3. The van der Waals surface area contributed by atoms with Crippen LogP contribution in [-0.4, -0.2) is 39.9 Å². The van der Waals surface area contributed by atoms with Crippen molar-refractivity contribution in [3.63, 3.8) is 0 Å². The minimum Gasteiger partial charge on any atom is -0.480 e. The molecule has 0 aromatic heterocycles. The van der Waals surface area contributed by atoms with Gasteiger partial charge in [0.05, 0.1) is 5.25 Å². The lowest BCUT2D eigenvalue weighted by Crippen LogP contribution is -2.51. The Morgan fingerprint density at radius 3 is 2.77 bits per heavy atom. The topological polar surface area (TPSA) is 95.5 Å². The second kappa shape index (κ2) is 6.83. The minimum atomic E-state index is -1.06. The van der Waals surface area contributed by atoms with Crippen LogP contribution in [0.25, 0.3) is 0 Å². The lowest BCUT2D eigenvalue weighted by molar-refractivity contribution is -0.141. The predicted molar refractivity (Wildman–Crippen MR) is 85.0 cm³/mol. The van der Waals surface area contributed by atoms with Crippen LogP contribution >= 0.6 is 11.8 Å². The molecule has 7 heteroatoms. The molecule has 2 amide bonds. The molecule has 1 aromatic carbocycles. The molecule has 0 aliphatic carbocycles. The molecule has 0 spiro atoms. The number of thioether (sulfide) groups is 1. The van der Waals surface area contributed by atoms with Crippen molar-refractivity contribution in [2.75, 3.05) is 11.1 Å². The highest BCUT2D eigenvalue weighted by molar-refractivity contribution is 8.00. The Morgan fingerprint density at radius 2 is 2.14 bits per heavy atom. The Balaban J connectivity index is 1.94. The molecular weight excluding hydrogens is 304 g/mol. The van der Waals surface area contributed by atoms with E-state index in [0.717, 1.165) is 16.8 Å². The van der Waals surface area contributed by atoms with Gasteiger partial charge in [-0.2, -0.15) is 0 Å². The molecule has 118 valence electrons. The maximum atomic E-state index is 12.1. The Morgan fingerprint density at radius 1 is 1.41 bits per heavy atom. The van der Waals surface area contributed by atoms with Crippen LogP contribution in [-0.2, 0) is 14.4 Å². The zero-order valence-corrected chi connectivity index (χ0v) is 13.2. The van der Waals surface area contributed by atoms with E-state index in [1.165, 1.54) is 11.8 Å². The van der Waals surface area contributed by atoms with Gasteiger partial charge in [-0.05, 0) is 31.0 Å². The molecule has 1 fully saturated rings. The predicted octanol–water partition coefficient (Wildman–Crippen LogP) is 1.32. The quantitative estimate of drug-likeness (QED) is 0.777. The van der Waals surface area contributed by atoms with E-state index in [0.29, 0.717) is 0 Å². The fraction of sp³-hybridized carbons (Fsp3) is 0.400. The van der Waals surface area contributed by atoms with Crippen molar-refractivity contribution in [3.8, 4) is 0 Å². The van der Waals surface area contributed by atoms with Crippen LogP contribution in [0.15, 0.2) is 18.2 Å². The molecule has 6 nitrogen and oxygen atoms in total. The summed E-state index contributed by atoms with van der Waals surface area (Å²) in [4.78, 5) is 34.8. The molecule has 1 saturated heterocycles. The average Bonchev–Trinajstić information content (AvgIpc) is 2.45. The highest BCUT2D eigenvalue weighted by atomic mass is 32.2. The van der Waals surface area contributed by atoms with E-state index in [9.17, 15) is 14.4 Å². The van der Waals surface area contributed by atoms with E-state index in [4.69, 9.17) is 5.11 Å². The van der Waals surface area contributed by atoms with Crippen molar-refractivity contribution in [2.45, 2.75) is 31.6 Å². The van der Waals surface area contributed by atoms with Gasteiger partial charge in [-0.25, -0.2) is 4.79 Å². The van der Waals surface area contributed by atoms with Gasteiger partial charge in [0.1, 0.15) is 6.04 Å². The Hall–Kier alpha value is -2.02. The number of anilines is 1. The summed E-state index contributed by atoms with van der Waals surface area (Å²) in [5.74, 6) is -1.45. The smallest absolute Gasteiger partial charge is 0.327 e. The Bertz CT molecular complexity index is 618. The second-order valence-corrected chi connectivity index (χ2v) is 6.53. The molecule has 1 aliphatic rings. The summed E-state index contributed by atoms with van der Waals surface area (Å²) in [6.45, 7) is 3.83. The Kier molecular flexibility index (Phi) is 5.07. The van der Waals surface area contributed by atoms with Gasteiger partial charge in [0.25, 0.3) is 0 Å². The van der Waals surface area contributed by atoms with Crippen LogP contribution in [0.4, 0.5) is 5.69 Å². The SMILES string of the molecule is Cc1ccc(C)c(NC(=O)C[C@@H]2SC[C@@H](C(=O)O)NC2=O)c1. The third-order valence-electron chi connectivity index (χ3n) is 3.41. The first-order valence-electron chi connectivity index (χ1n) is 6.88. The lowest BCUT2D eigenvalue weighted by atomic mass is 10.1. The summed E-state index contributed by atoms with van der Waals surface area (Å²) in [6.07, 6.45) is 0.0240. The third-order valence-corrected chi connectivity index (χ3v) is 4.72. The largest absolute Gasteiger partial charge is 0.480 e. The van der Waals surface area contributed by atoms with Gasteiger partial charge >= 0.3 is 5.97 Å². The van der Waals surface area contributed by atoms with Gasteiger partial charge in [0.2, 0.25) is 11.8 Å². The van der Waals surface area contributed by atoms with Crippen LogP contribution in [0.1, 0.15) is 17.5 Å². The van der Waals surface area contributed by atoms with E-state index < -0.39 is 23.2 Å². The number of aliphatic carboxylic acids is 1. The molecule has 3 N–H and O–H groups in total. The molecule has 1 heterocycles. The maximum Gasteiger partial charge on any atom is 0.327 e. The van der Waals surface area contributed by atoms with E-state index in [-0.39, 0.29) is 18.1 Å². The lowest BCUT2D eigenvalue weighted by Gasteiger charge is -2.25. The molecular formula is C15H18N2O4S. The molecule has 0 bridgehead atoms. The maximum absolute atomic E-state index is 12.1. The summed E-state index contributed by atoms with van der Waals surface area (Å²) < 4.78 is 0. The fourth-order valence-electron chi connectivity index (χ4n) is 2.12. The molecule has 1 aromatic rings. The second-order valence-electron chi connectivity index (χ2n) is 5.29. The van der Waals surface area contributed by atoms with E-state index in [1.54, 1.807) is 0 Å². The number of hydrogen-bond acceptors (Lipinski definition) is 4. The molecule has 0 unspecified atom stereocenters. The van der Waals surface area contributed by atoms with E-state index in [1.807, 2.05) is 32.0 Å². The van der Waals surface area contributed by atoms with Gasteiger partial charge in [0.15, 0.2) is 0 Å². The number of carbonyl (C=O) groups is 3. The van der Waals surface area contributed by atoms with Crippen molar-refractivity contribution in [2.24, 2.45) is 0 Å². The first-order chi connectivity index (χ1) is 10.4. The zero-order chi connectivity index (χ0) is 16.3. The van der Waals surface area contributed by atoms with Crippen molar-refractivity contribution in [1.82, 2.24) is 5.32 Å². The highest BCUT2D eigenvalue weighted by Gasteiger charge is 2.33.